The molecule has 4 fully saturated rings. The number of rotatable bonds is 1. The Hall–Kier alpha value is -0.0400. The molecular weight excluding hydrogens is 182 g/mol. The van der Waals surface area contributed by atoms with Crippen molar-refractivity contribution in [1.82, 2.24) is 0 Å². The maximum absolute atomic E-state index is 6.49. The summed E-state index contributed by atoms with van der Waals surface area (Å²) in [6.45, 7) is 7.05. The van der Waals surface area contributed by atoms with Crippen LogP contribution in [0.1, 0.15) is 59.3 Å². The average Bonchev–Trinajstić information content (AvgIpc) is 1.95. The molecule has 2 atom stereocenters. The van der Waals surface area contributed by atoms with Crippen molar-refractivity contribution in [3.8, 4) is 0 Å². The van der Waals surface area contributed by atoms with E-state index < -0.39 is 0 Å². The molecule has 0 heterocycles. The van der Waals surface area contributed by atoms with Crippen LogP contribution in [0.2, 0.25) is 0 Å². The second-order valence-electron chi connectivity index (χ2n) is 7.77. The molecule has 0 radical (unpaired) electrons. The zero-order valence-electron chi connectivity index (χ0n) is 10.5. The first-order valence-electron chi connectivity index (χ1n) is 6.61. The molecule has 0 spiro atoms. The van der Waals surface area contributed by atoms with Gasteiger partial charge >= 0.3 is 0 Å². The van der Waals surface area contributed by atoms with E-state index >= 15 is 0 Å². The fourth-order valence-electron chi connectivity index (χ4n) is 5.47. The summed E-state index contributed by atoms with van der Waals surface area (Å²) in [5.74, 6) is 2.00. The van der Waals surface area contributed by atoms with Gasteiger partial charge in [0.1, 0.15) is 0 Å². The Morgan fingerprint density at radius 2 is 1.60 bits per heavy atom. The molecule has 0 aliphatic heterocycles. The average molecular weight is 207 g/mol. The van der Waals surface area contributed by atoms with Gasteiger partial charge in [-0.3, -0.25) is 0 Å². The number of hydrogen-bond acceptors (Lipinski definition) is 1. The molecule has 86 valence electrons. The van der Waals surface area contributed by atoms with Crippen molar-refractivity contribution < 1.29 is 0 Å². The molecule has 2 N–H and O–H groups in total. The molecule has 15 heavy (non-hydrogen) atoms. The van der Waals surface area contributed by atoms with Crippen LogP contribution in [0.4, 0.5) is 0 Å². The van der Waals surface area contributed by atoms with Gasteiger partial charge in [-0.15, -0.1) is 0 Å². The lowest BCUT2D eigenvalue weighted by Gasteiger charge is -2.65. The summed E-state index contributed by atoms with van der Waals surface area (Å²) >= 11 is 0. The first kappa shape index (κ1) is 10.1. The first-order chi connectivity index (χ1) is 6.82. The highest BCUT2D eigenvalue weighted by atomic mass is 14.8. The fourth-order valence-corrected chi connectivity index (χ4v) is 5.47. The Kier molecular flexibility index (Phi) is 1.77. The lowest BCUT2D eigenvalue weighted by molar-refractivity contribution is -0.130. The summed E-state index contributed by atoms with van der Waals surface area (Å²) < 4.78 is 0. The van der Waals surface area contributed by atoms with E-state index in [1.54, 1.807) is 0 Å². The van der Waals surface area contributed by atoms with E-state index in [9.17, 15) is 0 Å². The lowest BCUT2D eigenvalue weighted by Crippen LogP contribution is -2.62. The summed E-state index contributed by atoms with van der Waals surface area (Å²) in [7, 11) is 0. The largest absolute Gasteiger partial charge is 0.325 e. The molecule has 4 saturated carbocycles. The fraction of sp³-hybridized carbons (Fsp3) is 1.00. The summed E-state index contributed by atoms with van der Waals surface area (Å²) in [6, 6.07) is 0. The van der Waals surface area contributed by atoms with Gasteiger partial charge in [0.25, 0.3) is 0 Å². The molecule has 2 unspecified atom stereocenters. The maximum Gasteiger partial charge on any atom is 0.0154 e. The van der Waals surface area contributed by atoms with Crippen molar-refractivity contribution in [3.05, 3.63) is 0 Å². The Labute approximate surface area is 93.8 Å². The van der Waals surface area contributed by atoms with Crippen LogP contribution >= 0.6 is 0 Å². The van der Waals surface area contributed by atoms with Crippen LogP contribution in [0.25, 0.3) is 0 Å². The predicted molar refractivity (Wildman–Crippen MR) is 63.5 cm³/mol. The van der Waals surface area contributed by atoms with E-state index in [-0.39, 0.29) is 5.54 Å². The molecule has 4 aliphatic carbocycles. The zero-order valence-corrected chi connectivity index (χ0v) is 10.5. The van der Waals surface area contributed by atoms with Gasteiger partial charge in [-0.05, 0) is 75.0 Å². The van der Waals surface area contributed by atoms with Gasteiger partial charge in [-0.2, -0.15) is 0 Å². The van der Waals surface area contributed by atoms with Crippen LogP contribution in [0.3, 0.4) is 0 Å². The second-order valence-corrected chi connectivity index (χ2v) is 7.77. The van der Waals surface area contributed by atoms with Gasteiger partial charge in [0.2, 0.25) is 0 Å². The number of hydrogen-bond donors (Lipinski definition) is 1. The minimum absolute atomic E-state index is 0.0338. The van der Waals surface area contributed by atoms with Crippen LogP contribution in [0.15, 0.2) is 0 Å². The normalized spacial score (nSPS) is 53.6. The third kappa shape index (κ3) is 1.32. The van der Waals surface area contributed by atoms with E-state index in [0.29, 0.717) is 10.8 Å². The van der Waals surface area contributed by atoms with Gasteiger partial charge in [0.05, 0.1) is 0 Å². The Morgan fingerprint density at radius 3 is 2.00 bits per heavy atom. The van der Waals surface area contributed by atoms with Crippen molar-refractivity contribution in [3.63, 3.8) is 0 Å². The Bertz CT molecular complexity index is 272. The third-order valence-electron chi connectivity index (χ3n) is 5.72. The Morgan fingerprint density at radius 1 is 1.07 bits per heavy atom. The monoisotopic (exact) mass is 207 g/mol. The summed E-state index contributed by atoms with van der Waals surface area (Å²) in [4.78, 5) is 0. The van der Waals surface area contributed by atoms with E-state index in [2.05, 4.69) is 20.8 Å². The zero-order chi connectivity index (χ0) is 10.9. The summed E-state index contributed by atoms with van der Waals surface area (Å²) in [6.07, 6.45) is 8.72. The molecule has 4 aliphatic rings. The quantitative estimate of drug-likeness (QED) is 0.701. The van der Waals surface area contributed by atoms with Crippen molar-refractivity contribution >= 4 is 0 Å². The topological polar surface area (TPSA) is 26.0 Å². The van der Waals surface area contributed by atoms with Gasteiger partial charge in [-0.25, -0.2) is 0 Å². The van der Waals surface area contributed by atoms with E-state index in [0.717, 1.165) is 11.8 Å². The predicted octanol–water partition coefficient (Wildman–Crippen LogP) is 3.33. The van der Waals surface area contributed by atoms with Crippen molar-refractivity contribution in [2.45, 2.75) is 64.8 Å². The van der Waals surface area contributed by atoms with Gasteiger partial charge in [-0.1, -0.05) is 6.92 Å². The van der Waals surface area contributed by atoms with Gasteiger partial charge in [0, 0.05) is 5.54 Å². The van der Waals surface area contributed by atoms with E-state index in [1.807, 2.05) is 0 Å². The van der Waals surface area contributed by atoms with Crippen molar-refractivity contribution in [2.75, 3.05) is 0 Å². The Balaban J connectivity index is 2.00. The first-order valence-corrected chi connectivity index (χ1v) is 6.61. The lowest BCUT2D eigenvalue weighted by atomic mass is 9.41. The van der Waals surface area contributed by atoms with Crippen LogP contribution < -0.4 is 5.73 Å². The molecular formula is C14H25N. The molecule has 1 nitrogen and oxygen atoms in total. The van der Waals surface area contributed by atoms with E-state index in [4.69, 9.17) is 5.73 Å². The van der Waals surface area contributed by atoms with Gasteiger partial charge in [0.15, 0.2) is 0 Å². The molecule has 0 amide bonds. The molecule has 0 aromatic heterocycles. The maximum atomic E-state index is 6.49. The van der Waals surface area contributed by atoms with Gasteiger partial charge < -0.3 is 5.73 Å². The highest BCUT2D eigenvalue weighted by Crippen LogP contribution is 2.67. The highest BCUT2D eigenvalue weighted by Gasteiger charge is 2.59. The smallest absolute Gasteiger partial charge is 0.0154 e. The molecule has 0 saturated heterocycles. The second kappa shape index (κ2) is 2.61. The third-order valence-corrected chi connectivity index (χ3v) is 5.72. The van der Waals surface area contributed by atoms with Crippen LogP contribution in [0, 0.1) is 22.7 Å². The minimum atomic E-state index is 0.0338. The van der Waals surface area contributed by atoms with Crippen molar-refractivity contribution in [1.29, 1.82) is 0 Å². The number of nitrogens with two attached hydrogens (primary N) is 1. The highest BCUT2D eigenvalue weighted by molar-refractivity contribution is 5.12. The van der Waals surface area contributed by atoms with Crippen LogP contribution in [0.5, 0.6) is 0 Å². The van der Waals surface area contributed by atoms with E-state index in [1.165, 1.54) is 38.5 Å². The SMILES string of the molecule is CC12CC3CC(C1)CC(C(C)(C)N)(C3)C2. The molecule has 0 aromatic carbocycles. The summed E-state index contributed by atoms with van der Waals surface area (Å²) in [5.41, 5.74) is 7.64. The molecule has 4 rings (SSSR count). The van der Waals surface area contributed by atoms with Crippen LogP contribution in [-0.4, -0.2) is 5.54 Å². The molecule has 1 heteroatoms. The van der Waals surface area contributed by atoms with Crippen molar-refractivity contribution in [2.24, 2.45) is 28.4 Å². The molecule has 4 bridgehead atoms. The molecule has 0 aromatic rings. The summed E-state index contributed by atoms with van der Waals surface area (Å²) in [5, 5.41) is 0. The minimum Gasteiger partial charge on any atom is -0.325 e. The van der Waals surface area contributed by atoms with Crippen LogP contribution in [-0.2, 0) is 0 Å². The standard InChI is InChI=1S/C14H25N/c1-12(2,15)14-7-10-4-11(8-14)6-13(3,5-10)9-14/h10-11H,4-9,15H2,1-3H3.